The number of nitrogens with one attached hydrogen (secondary N) is 2. The van der Waals surface area contributed by atoms with E-state index in [0.717, 1.165) is 6.07 Å². The van der Waals surface area contributed by atoms with Crippen LogP contribution in [0.5, 0.6) is 5.75 Å². The fourth-order valence-corrected chi connectivity index (χ4v) is 3.56. The van der Waals surface area contributed by atoms with Crippen molar-refractivity contribution in [1.29, 1.82) is 0 Å². The molecule has 1 aliphatic rings. The molecule has 0 aromatic heterocycles. The molecular weight excluding hydrogens is 423 g/mol. The van der Waals surface area contributed by atoms with E-state index in [4.69, 9.17) is 17.0 Å². The maximum Gasteiger partial charge on any atom is 0.269 e. The van der Waals surface area contributed by atoms with Gasteiger partial charge in [0.25, 0.3) is 11.8 Å². The molecule has 0 spiro atoms. The summed E-state index contributed by atoms with van der Waals surface area (Å²) in [4.78, 5) is 39.4. The Kier molecular flexibility index (Phi) is 6.81. The molecule has 0 aliphatic carbocycles. The van der Waals surface area contributed by atoms with Crippen molar-refractivity contribution in [3.05, 3.63) is 59.9 Å². The average molecular weight is 444 g/mol. The first-order valence-corrected chi connectivity index (χ1v) is 9.90. The second-order valence-electron chi connectivity index (χ2n) is 6.65. The Labute approximate surface area is 183 Å². The summed E-state index contributed by atoms with van der Waals surface area (Å²) in [5.74, 6) is -1.63. The first-order chi connectivity index (χ1) is 14.8. The van der Waals surface area contributed by atoms with Crippen LogP contribution in [0.3, 0.4) is 0 Å². The molecule has 1 aliphatic heterocycles. The van der Waals surface area contributed by atoms with E-state index in [1.807, 2.05) is 0 Å². The van der Waals surface area contributed by atoms with Crippen molar-refractivity contribution in [2.45, 2.75) is 19.4 Å². The van der Waals surface area contributed by atoms with Crippen LogP contribution in [0.1, 0.15) is 23.7 Å². The van der Waals surface area contributed by atoms with Gasteiger partial charge >= 0.3 is 0 Å². The Morgan fingerprint density at radius 3 is 2.61 bits per heavy atom. The third-order valence-electron chi connectivity index (χ3n) is 4.68. The average Bonchev–Trinajstić information content (AvgIpc) is 2.97. The molecule has 2 aromatic carbocycles. The smallest absolute Gasteiger partial charge is 0.269 e. The van der Waals surface area contributed by atoms with Gasteiger partial charge in [0.15, 0.2) is 5.11 Å². The highest BCUT2D eigenvalue weighted by molar-refractivity contribution is 7.80. The molecule has 1 atom stereocenters. The minimum atomic E-state index is -1.04. The minimum absolute atomic E-state index is 0.0578. The van der Waals surface area contributed by atoms with Gasteiger partial charge in [-0.3, -0.25) is 24.7 Å². The SMILES string of the molecule is CCN1C(=O)C(CC(=O)Nc2ccccc2OC)N(NC(=O)c2cccc(F)c2)C1=S. The number of rotatable bonds is 7. The summed E-state index contributed by atoms with van der Waals surface area (Å²) < 4.78 is 18.7. The highest BCUT2D eigenvalue weighted by Gasteiger charge is 2.44. The monoisotopic (exact) mass is 444 g/mol. The number of hydrogen-bond donors (Lipinski definition) is 2. The Morgan fingerprint density at radius 2 is 1.94 bits per heavy atom. The number of methoxy groups -OCH3 is 1. The predicted octanol–water partition coefficient (Wildman–Crippen LogP) is 2.33. The van der Waals surface area contributed by atoms with Crippen LogP contribution < -0.4 is 15.5 Å². The molecule has 0 saturated carbocycles. The number of amides is 3. The van der Waals surface area contributed by atoms with E-state index < -0.39 is 29.6 Å². The summed E-state index contributed by atoms with van der Waals surface area (Å²) in [6.45, 7) is 2.00. The summed E-state index contributed by atoms with van der Waals surface area (Å²) in [5, 5.41) is 3.94. The van der Waals surface area contributed by atoms with Crippen LogP contribution in [-0.4, -0.2) is 52.4 Å². The topological polar surface area (TPSA) is 91.0 Å². The lowest BCUT2D eigenvalue weighted by Gasteiger charge is -2.24. The van der Waals surface area contributed by atoms with E-state index in [9.17, 15) is 18.8 Å². The van der Waals surface area contributed by atoms with E-state index >= 15 is 0 Å². The van der Waals surface area contributed by atoms with Crippen molar-refractivity contribution in [2.24, 2.45) is 0 Å². The third kappa shape index (κ3) is 4.80. The van der Waals surface area contributed by atoms with Gasteiger partial charge in [0, 0.05) is 12.1 Å². The molecule has 31 heavy (non-hydrogen) atoms. The summed E-state index contributed by atoms with van der Waals surface area (Å²) in [6.07, 6.45) is -0.267. The van der Waals surface area contributed by atoms with Gasteiger partial charge < -0.3 is 10.1 Å². The van der Waals surface area contributed by atoms with Gasteiger partial charge in [0.2, 0.25) is 5.91 Å². The lowest BCUT2D eigenvalue weighted by atomic mass is 10.1. The molecular formula is C21H21FN4O4S. The Balaban J connectivity index is 1.78. The first-order valence-electron chi connectivity index (χ1n) is 9.49. The van der Waals surface area contributed by atoms with Crippen LogP contribution in [0.4, 0.5) is 10.1 Å². The quantitative estimate of drug-likeness (QED) is 0.637. The number of para-hydroxylation sites is 2. The molecule has 1 unspecified atom stereocenters. The van der Waals surface area contributed by atoms with Crippen LogP contribution in [0.2, 0.25) is 0 Å². The van der Waals surface area contributed by atoms with E-state index in [1.54, 1.807) is 31.2 Å². The van der Waals surface area contributed by atoms with Gasteiger partial charge in [-0.25, -0.2) is 9.40 Å². The zero-order valence-corrected chi connectivity index (χ0v) is 17.7. The molecule has 162 valence electrons. The summed E-state index contributed by atoms with van der Waals surface area (Å²) in [5.41, 5.74) is 3.04. The van der Waals surface area contributed by atoms with Gasteiger partial charge in [-0.2, -0.15) is 0 Å². The maximum absolute atomic E-state index is 13.5. The fourth-order valence-electron chi connectivity index (χ4n) is 3.17. The zero-order valence-electron chi connectivity index (χ0n) is 16.9. The van der Waals surface area contributed by atoms with E-state index in [1.165, 1.54) is 35.2 Å². The second kappa shape index (κ2) is 9.52. The summed E-state index contributed by atoms with van der Waals surface area (Å²) in [7, 11) is 1.48. The fraction of sp³-hybridized carbons (Fsp3) is 0.238. The van der Waals surface area contributed by atoms with Gasteiger partial charge in [-0.05, 0) is 49.5 Å². The summed E-state index contributed by atoms with van der Waals surface area (Å²) in [6, 6.07) is 10.9. The molecule has 8 nitrogen and oxygen atoms in total. The molecule has 1 heterocycles. The Hall–Kier alpha value is -3.53. The molecule has 1 fully saturated rings. The highest BCUT2D eigenvalue weighted by Crippen LogP contribution is 2.25. The number of benzene rings is 2. The van der Waals surface area contributed by atoms with E-state index in [0.29, 0.717) is 11.4 Å². The number of hydrazine groups is 1. The molecule has 3 rings (SSSR count). The number of carbonyl (C=O) groups excluding carboxylic acids is 3. The van der Waals surface area contributed by atoms with Crippen molar-refractivity contribution < 1.29 is 23.5 Å². The minimum Gasteiger partial charge on any atom is -0.495 e. The molecule has 2 aromatic rings. The van der Waals surface area contributed by atoms with Crippen LogP contribution >= 0.6 is 12.2 Å². The van der Waals surface area contributed by atoms with Crippen molar-refractivity contribution in [3.63, 3.8) is 0 Å². The van der Waals surface area contributed by atoms with Crippen LogP contribution in [0, 0.1) is 5.82 Å². The Bertz CT molecular complexity index is 1030. The summed E-state index contributed by atoms with van der Waals surface area (Å²) >= 11 is 5.32. The van der Waals surface area contributed by atoms with Crippen molar-refractivity contribution in [3.8, 4) is 5.75 Å². The van der Waals surface area contributed by atoms with E-state index in [2.05, 4.69) is 10.7 Å². The van der Waals surface area contributed by atoms with Gasteiger partial charge in [0.1, 0.15) is 17.6 Å². The largest absolute Gasteiger partial charge is 0.495 e. The van der Waals surface area contributed by atoms with Crippen LogP contribution in [0.25, 0.3) is 0 Å². The third-order valence-corrected chi connectivity index (χ3v) is 5.10. The van der Waals surface area contributed by atoms with Crippen molar-refractivity contribution >= 4 is 40.7 Å². The first kappa shape index (κ1) is 22.2. The number of hydrogen-bond acceptors (Lipinski definition) is 5. The second-order valence-corrected chi connectivity index (χ2v) is 7.02. The molecule has 0 radical (unpaired) electrons. The Morgan fingerprint density at radius 1 is 1.19 bits per heavy atom. The number of nitrogens with zero attached hydrogens (tertiary/aromatic N) is 2. The van der Waals surface area contributed by atoms with Gasteiger partial charge in [-0.15, -0.1) is 0 Å². The lowest BCUT2D eigenvalue weighted by Crippen LogP contribution is -2.49. The van der Waals surface area contributed by atoms with Crippen molar-refractivity contribution in [1.82, 2.24) is 15.3 Å². The molecule has 0 bridgehead atoms. The van der Waals surface area contributed by atoms with Crippen LogP contribution in [-0.2, 0) is 9.59 Å². The maximum atomic E-state index is 13.5. The number of likely N-dealkylation sites (N-methyl/N-ethyl adjacent to an activating group) is 1. The number of halogens is 1. The standard InChI is InChI=1S/C21H21FN4O4S/c1-3-25-20(29)16(12-18(27)23-15-9-4-5-10-17(15)30-2)26(21(25)31)24-19(28)13-7-6-8-14(22)11-13/h4-11,16H,3,12H2,1-2H3,(H,23,27)(H,24,28). The molecule has 10 heteroatoms. The molecule has 3 amide bonds. The van der Waals surface area contributed by atoms with Crippen molar-refractivity contribution in [2.75, 3.05) is 19.0 Å². The highest BCUT2D eigenvalue weighted by atomic mass is 32.1. The zero-order chi connectivity index (χ0) is 22.5. The van der Waals surface area contributed by atoms with Crippen LogP contribution in [0.15, 0.2) is 48.5 Å². The number of ether oxygens (including phenoxy) is 1. The molecule has 2 N–H and O–H groups in total. The normalized spacial score (nSPS) is 15.8. The van der Waals surface area contributed by atoms with Gasteiger partial charge in [-0.1, -0.05) is 18.2 Å². The lowest BCUT2D eigenvalue weighted by molar-refractivity contribution is -0.130. The number of carbonyl (C=O) groups is 3. The number of anilines is 1. The molecule has 1 saturated heterocycles. The predicted molar refractivity (Wildman–Crippen MR) is 116 cm³/mol. The van der Waals surface area contributed by atoms with Gasteiger partial charge in [0.05, 0.1) is 19.2 Å². The number of thiocarbonyl (C=S) groups is 1. The van der Waals surface area contributed by atoms with E-state index in [-0.39, 0.29) is 23.6 Å².